The maximum Gasteiger partial charge on any atom is 0.341 e. The van der Waals surface area contributed by atoms with Gasteiger partial charge >= 0.3 is 5.97 Å². The number of carbonyl (C=O) groups excluding carboxylic acids is 1. The number of benzene rings is 1. The fourth-order valence-corrected chi connectivity index (χ4v) is 3.99. The smallest absolute Gasteiger partial charge is 0.341 e. The number of aromatic hydroxyl groups is 1. The summed E-state index contributed by atoms with van der Waals surface area (Å²) in [5, 5.41) is 9.84. The van der Waals surface area contributed by atoms with Crippen LogP contribution in [0.4, 0.5) is 0 Å². The van der Waals surface area contributed by atoms with E-state index in [1.165, 1.54) is 96.3 Å². The lowest BCUT2D eigenvalue weighted by Crippen LogP contribution is -2.05. The van der Waals surface area contributed by atoms with Crippen molar-refractivity contribution >= 4 is 5.97 Å². The Morgan fingerprint density at radius 1 is 0.733 bits per heavy atom. The fourth-order valence-electron chi connectivity index (χ4n) is 3.99. The highest BCUT2D eigenvalue weighted by Crippen LogP contribution is 2.21. The Labute approximate surface area is 185 Å². The summed E-state index contributed by atoms with van der Waals surface area (Å²) < 4.78 is 5.00. The molecule has 0 radical (unpaired) electrons. The molecule has 0 spiro atoms. The SMILES string of the molecule is CCCCCCCCCCCCCCCCCCc1ccc(O)c(C(=O)OCC)c1. The zero-order chi connectivity index (χ0) is 21.9. The third kappa shape index (κ3) is 12.9. The highest BCUT2D eigenvalue weighted by atomic mass is 16.5. The first-order chi connectivity index (χ1) is 14.7. The van der Waals surface area contributed by atoms with Crippen molar-refractivity contribution in [1.82, 2.24) is 0 Å². The molecule has 1 rings (SSSR count). The summed E-state index contributed by atoms with van der Waals surface area (Å²) in [6.45, 7) is 4.37. The molecule has 30 heavy (non-hydrogen) atoms. The molecule has 0 fully saturated rings. The molecule has 0 saturated heterocycles. The van der Waals surface area contributed by atoms with Crippen LogP contribution in [0.2, 0.25) is 0 Å². The lowest BCUT2D eigenvalue weighted by Gasteiger charge is -2.07. The molecule has 172 valence electrons. The van der Waals surface area contributed by atoms with Crippen LogP contribution >= 0.6 is 0 Å². The van der Waals surface area contributed by atoms with Gasteiger partial charge in [-0.1, -0.05) is 109 Å². The number of hydrogen-bond donors (Lipinski definition) is 1. The predicted octanol–water partition coefficient (Wildman–Crippen LogP) is 8.37. The minimum atomic E-state index is -0.441. The van der Waals surface area contributed by atoms with E-state index in [2.05, 4.69) is 6.92 Å². The Balaban J connectivity index is 1.95. The van der Waals surface area contributed by atoms with Crippen LogP contribution in [0, 0.1) is 0 Å². The maximum absolute atomic E-state index is 11.9. The molecule has 0 bridgehead atoms. The van der Waals surface area contributed by atoms with E-state index in [0.717, 1.165) is 18.4 Å². The van der Waals surface area contributed by atoms with Gasteiger partial charge in [-0.3, -0.25) is 0 Å². The number of unbranched alkanes of at least 4 members (excludes halogenated alkanes) is 15. The van der Waals surface area contributed by atoms with Gasteiger partial charge in [0.05, 0.1) is 6.61 Å². The van der Waals surface area contributed by atoms with Crippen LogP contribution in [-0.2, 0) is 11.2 Å². The second kappa shape index (κ2) is 18.3. The van der Waals surface area contributed by atoms with Crippen LogP contribution in [0.25, 0.3) is 0 Å². The van der Waals surface area contributed by atoms with Gasteiger partial charge in [-0.25, -0.2) is 4.79 Å². The Kier molecular flexibility index (Phi) is 16.2. The first-order valence-corrected chi connectivity index (χ1v) is 12.7. The first kappa shape index (κ1) is 26.5. The van der Waals surface area contributed by atoms with Crippen molar-refractivity contribution in [2.75, 3.05) is 6.61 Å². The topological polar surface area (TPSA) is 46.5 Å². The first-order valence-electron chi connectivity index (χ1n) is 12.7. The molecule has 0 atom stereocenters. The predicted molar refractivity (Wildman–Crippen MR) is 127 cm³/mol. The molecule has 0 heterocycles. The van der Waals surface area contributed by atoms with E-state index >= 15 is 0 Å². The summed E-state index contributed by atoms with van der Waals surface area (Å²) in [7, 11) is 0. The Morgan fingerprint density at radius 3 is 1.67 bits per heavy atom. The molecule has 0 saturated carbocycles. The highest BCUT2D eigenvalue weighted by Gasteiger charge is 2.12. The monoisotopic (exact) mass is 418 g/mol. The van der Waals surface area contributed by atoms with Crippen molar-refractivity contribution in [1.29, 1.82) is 0 Å². The van der Waals surface area contributed by atoms with Gasteiger partial charge in [-0.2, -0.15) is 0 Å². The molecule has 1 aromatic carbocycles. The zero-order valence-electron chi connectivity index (χ0n) is 19.7. The molecule has 3 heteroatoms. The van der Waals surface area contributed by atoms with Crippen LogP contribution in [0.5, 0.6) is 5.75 Å². The van der Waals surface area contributed by atoms with E-state index in [4.69, 9.17) is 4.74 Å². The molecular weight excluding hydrogens is 372 g/mol. The molecule has 0 aliphatic rings. The fraction of sp³-hybridized carbons (Fsp3) is 0.741. The Bertz CT molecular complexity index is 553. The number of hydrogen-bond acceptors (Lipinski definition) is 3. The standard InChI is InChI=1S/C27H46O3/c1-3-5-6-7-8-9-10-11-12-13-14-15-16-17-18-19-20-24-21-22-26(28)25(23-24)27(29)30-4-2/h21-23,28H,3-20H2,1-2H3. The number of phenolic OH excluding ortho intramolecular Hbond substituents is 1. The molecule has 0 unspecified atom stereocenters. The third-order valence-electron chi connectivity index (χ3n) is 5.88. The van der Waals surface area contributed by atoms with E-state index < -0.39 is 5.97 Å². The third-order valence-corrected chi connectivity index (χ3v) is 5.88. The summed E-state index contributed by atoms with van der Waals surface area (Å²) in [5.41, 5.74) is 1.38. The van der Waals surface area contributed by atoms with Gasteiger partial charge in [0.2, 0.25) is 0 Å². The number of ether oxygens (including phenoxy) is 1. The number of rotatable bonds is 19. The van der Waals surface area contributed by atoms with E-state index in [1.54, 1.807) is 19.1 Å². The average molecular weight is 419 g/mol. The van der Waals surface area contributed by atoms with Crippen molar-refractivity contribution in [3.63, 3.8) is 0 Å². The average Bonchev–Trinajstić information content (AvgIpc) is 2.74. The Hall–Kier alpha value is -1.51. The van der Waals surface area contributed by atoms with Crippen LogP contribution < -0.4 is 0 Å². The molecule has 0 aliphatic carbocycles. The quantitative estimate of drug-likeness (QED) is 0.181. The van der Waals surface area contributed by atoms with Gasteiger partial charge < -0.3 is 9.84 Å². The minimum absolute atomic E-state index is 0.00386. The van der Waals surface area contributed by atoms with Gasteiger partial charge in [0.15, 0.2) is 0 Å². The number of aryl methyl sites for hydroxylation is 1. The van der Waals surface area contributed by atoms with Crippen molar-refractivity contribution < 1.29 is 14.6 Å². The van der Waals surface area contributed by atoms with Gasteiger partial charge in [-0.05, 0) is 37.5 Å². The molecule has 3 nitrogen and oxygen atoms in total. The summed E-state index contributed by atoms with van der Waals surface area (Å²) in [6, 6.07) is 5.29. The second-order valence-electron chi connectivity index (χ2n) is 8.63. The van der Waals surface area contributed by atoms with Crippen molar-refractivity contribution in [2.24, 2.45) is 0 Å². The number of carbonyl (C=O) groups is 1. The van der Waals surface area contributed by atoms with Crippen molar-refractivity contribution in [3.05, 3.63) is 29.3 Å². The van der Waals surface area contributed by atoms with E-state index in [1.807, 2.05) is 6.07 Å². The minimum Gasteiger partial charge on any atom is -0.507 e. The highest BCUT2D eigenvalue weighted by molar-refractivity contribution is 5.92. The van der Waals surface area contributed by atoms with Crippen LogP contribution in [0.3, 0.4) is 0 Å². The zero-order valence-corrected chi connectivity index (χ0v) is 19.7. The number of phenols is 1. The van der Waals surface area contributed by atoms with Gasteiger partial charge in [0.25, 0.3) is 0 Å². The summed E-state index contributed by atoms with van der Waals surface area (Å²) in [4.78, 5) is 11.9. The largest absolute Gasteiger partial charge is 0.507 e. The van der Waals surface area contributed by atoms with Crippen LogP contribution in [0.1, 0.15) is 133 Å². The van der Waals surface area contributed by atoms with Crippen LogP contribution in [0.15, 0.2) is 18.2 Å². The summed E-state index contributed by atoms with van der Waals surface area (Å²) in [6.07, 6.45) is 22.9. The Morgan fingerprint density at radius 2 is 1.20 bits per heavy atom. The number of esters is 1. The second-order valence-corrected chi connectivity index (χ2v) is 8.63. The van der Waals surface area contributed by atoms with Crippen LogP contribution in [-0.4, -0.2) is 17.7 Å². The normalized spacial score (nSPS) is 11.0. The van der Waals surface area contributed by atoms with E-state index in [0.29, 0.717) is 6.61 Å². The molecule has 1 aromatic rings. The molecular formula is C27H46O3. The molecule has 0 amide bonds. The van der Waals surface area contributed by atoms with Crippen molar-refractivity contribution in [3.8, 4) is 5.75 Å². The summed E-state index contributed by atoms with van der Waals surface area (Å²) >= 11 is 0. The van der Waals surface area contributed by atoms with Gasteiger partial charge in [-0.15, -0.1) is 0 Å². The van der Waals surface area contributed by atoms with Crippen molar-refractivity contribution in [2.45, 2.75) is 123 Å². The van der Waals surface area contributed by atoms with E-state index in [-0.39, 0.29) is 11.3 Å². The lowest BCUT2D eigenvalue weighted by molar-refractivity contribution is 0.0523. The molecule has 0 aliphatic heterocycles. The lowest BCUT2D eigenvalue weighted by atomic mass is 10.0. The van der Waals surface area contributed by atoms with Gasteiger partial charge in [0, 0.05) is 0 Å². The molecule has 1 N–H and O–H groups in total. The summed E-state index contributed by atoms with van der Waals surface area (Å²) in [5.74, 6) is -0.437. The molecule has 0 aromatic heterocycles. The van der Waals surface area contributed by atoms with Gasteiger partial charge in [0.1, 0.15) is 11.3 Å². The maximum atomic E-state index is 11.9. The van der Waals surface area contributed by atoms with E-state index in [9.17, 15) is 9.90 Å².